The predicted octanol–water partition coefficient (Wildman–Crippen LogP) is 1.85. The quantitative estimate of drug-likeness (QED) is 0.379. The van der Waals surface area contributed by atoms with E-state index in [9.17, 15) is 9.59 Å². The molecule has 0 heterocycles. The third kappa shape index (κ3) is 4.46. The summed E-state index contributed by atoms with van der Waals surface area (Å²) in [6, 6.07) is 5.01. The molecule has 0 saturated carbocycles. The number of hydrogen-bond acceptors (Lipinski definition) is 5. The van der Waals surface area contributed by atoms with Crippen LogP contribution in [-0.2, 0) is 14.3 Å². The van der Waals surface area contributed by atoms with Crippen LogP contribution in [0.15, 0.2) is 30.4 Å². The Balaban J connectivity index is 2.46. The molecule has 1 aromatic carbocycles. The van der Waals surface area contributed by atoms with Crippen molar-refractivity contribution in [1.82, 2.24) is 0 Å². The Kier molecular flexibility index (Phi) is 5.11. The van der Waals surface area contributed by atoms with Crippen molar-refractivity contribution in [2.24, 2.45) is 0 Å². The third-order valence-electron chi connectivity index (χ3n) is 2.38. The summed E-state index contributed by atoms with van der Waals surface area (Å²) in [4.78, 5) is 22.8. The maximum absolute atomic E-state index is 11.8. The van der Waals surface area contributed by atoms with Gasteiger partial charge in [-0.1, -0.05) is 12.6 Å². The SMILES string of the molecule is C=C(C)C(=O)OCCOC(=O)c1cc(N)ccc1C. The summed E-state index contributed by atoms with van der Waals surface area (Å²) in [5, 5.41) is 0. The zero-order valence-electron chi connectivity index (χ0n) is 11.1. The lowest BCUT2D eigenvalue weighted by molar-refractivity contribution is -0.140. The van der Waals surface area contributed by atoms with Crippen LogP contribution in [0.2, 0.25) is 0 Å². The van der Waals surface area contributed by atoms with Crippen LogP contribution in [0.5, 0.6) is 0 Å². The van der Waals surface area contributed by atoms with E-state index in [1.807, 2.05) is 0 Å². The van der Waals surface area contributed by atoms with E-state index in [0.717, 1.165) is 5.56 Å². The van der Waals surface area contributed by atoms with Gasteiger partial charge >= 0.3 is 11.9 Å². The zero-order chi connectivity index (χ0) is 14.4. The monoisotopic (exact) mass is 263 g/mol. The Morgan fingerprint density at radius 2 is 1.89 bits per heavy atom. The molecular formula is C14H17NO4. The van der Waals surface area contributed by atoms with Gasteiger partial charge in [0, 0.05) is 11.3 Å². The highest BCUT2D eigenvalue weighted by molar-refractivity contribution is 5.92. The van der Waals surface area contributed by atoms with E-state index in [4.69, 9.17) is 15.2 Å². The van der Waals surface area contributed by atoms with Gasteiger partial charge in [-0.05, 0) is 31.5 Å². The van der Waals surface area contributed by atoms with Crippen molar-refractivity contribution in [3.63, 3.8) is 0 Å². The maximum atomic E-state index is 11.8. The van der Waals surface area contributed by atoms with Gasteiger partial charge in [0.25, 0.3) is 0 Å². The second kappa shape index (κ2) is 6.58. The van der Waals surface area contributed by atoms with Crippen LogP contribution in [0, 0.1) is 6.92 Å². The van der Waals surface area contributed by atoms with Crippen LogP contribution in [0.1, 0.15) is 22.8 Å². The largest absolute Gasteiger partial charge is 0.459 e. The first-order valence-electron chi connectivity index (χ1n) is 5.77. The lowest BCUT2D eigenvalue weighted by Crippen LogP contribution is -2.15. The number of anilines is 1. The van der Waals surface area contributed by atoms with Crippen LogP contribution in [0.3, 0.4) is 0 Å². The summed E-state index contributed by atoms with van der Waals surface area (Å²) < 4.78 is 9.80. The maximum Gasteiger partial charge on any atom is 0.338 e. The Hall–Kier alpha value is -2.30. The van der Waals surface area contributed by atoms with Crippen molar-refractivity contribution in [2.75, 3.05) is 18.9 Å². The Morgan fingerprint density at radius 3 is 2.53 bits per heavy atom. The molecule has 0 aromatic heterocycles. The molecule has 0 aliphatic heterocycles. The van der Waals surface area contributed by atoms with Crippen molar-refractivity contribution >= 4 is 17.6 Å². The molecule has 0 unspecified atom stereocenters. The van der Waals surface area contributed by atoms with Gasteiger partial charge in [-0.2, -0.15) is 0 Å². The van der Waals surface area contributed by atoms with Crippen molar-refractivity contribution in [1.29, 1.82) is 0 Å². The topological polar surface area (TPSA) is 78.6 Å². The van der Waals surface area contributed by atoms with E-state index in [-0.39, 0.29) is 13.2 Å². The van der Waals surface area contributed by atoms with E-state index < -0.39 is 11.9 Å². The summed E-state index contributed by atoms with van der Waals surface area (Å²) in [6.07, 6.45) is 0. The Bertz CT molecular complexity index is 508. The van der Waals surface area contributed by atoms with Gasteiger partial charge in [-0.25, -0.2) is 9.59 Å². The molecule has 1 rings (SSSR count). The number of hydrogen-bond donors (Lipinski definition) is 1. The molecule has 0 aliphatic rings. The van der Waals surface area contributed by atoms with Gasteiger partial charge in [0.2, 0.25) is 0 Å². The second-order valence-corrected chi connectivity index (χ2v) is 4.13. The van der Waals surface area contributed by atoms with Crippen LogP contribution in [0.4, 0.5) is 5.69 Å². The standard InChI is InChI=1S/C14H17NO4/c1-9(2)13(16)18-6-7-19-14(17)12-8-11(15)5-4-10(12)3/h4-5,8H,1,6-7,15H2,2-3H3. The summed E-state index contributed by atoms with van der Waals surface area (Å²) in [6.45, 7) is 6.77. The van der Waals surface area contributed by atoms with Gasteiger partial charge in [0.05, 0.1) is 5.56 Å². The first kappa shape index (κ1) is 14.8. The van der Waals surface area contributed by atoms with Gasteiger partial charge in [-0.3, -0.25) is 0 Å². The van der Waals surface area contributed by atoms with Crippen LogP contribution < -0.4 is 5.73 Å². The first-order valence-corrected chi connectivity index (χ1v) is 5.77. The second-order valence-electron chi connectivity index (χ2n) is 4.13. The molecule has 0 spiro atoms. The highest BCUT2D eigenvalue weighted by Crippen LogP contribution is 2.13. The molecule has 5 nitrogen and oxygen atoms in total. The summed E-state index contributed by atoms with van der Waals surface area (Å²) in [5.74, 6) is -0.993. The van der Waals surface area contributed by atoms with E-state index in [2.05, 4.69) is 6.58 Å². The lowest BCUT2D eigenvalue weighted by Gasteiger charge is -2.08. The number of rotatable bonds is 5. The highest BCUT2D eigenvalue weighted by atomic mass is 16.6. The van der Waals surface area contributed by atoms with E-state index in [1.165, 1.54) is 0 Å². The number of carbonyl (C=O) groups is 2. The summed E-state index contributed by atoms with van der Waals surface area (Å²) in [7, 11) is 0. The first-order chi connectivity index (χ1) is 8.91. The summed E-state index contributed by atoms with van der Waals surface area (Å²) >= 11 is 0. The molecule has 0 atom stereocenters. The average Bonchev–Trinajstić information content (AvgIpc) is 2.36. The average molecular weight is 263 g/mol. The summed E-state index contributed by atoms with van der Waals surface area (Å²) in [5.41, 5.74) is 7.59. The van der Waals surface area contributed by atoms with Crippen molar-refractivity contribution in [3.8, 4) is 0 Å². The van der Waals surface area contributed by atoms with Gasteiger partial charge in [-0.15, -0.1) is 0 Å². The molecule has 0 fully saturated rings. The molecule has 5 heteroatoms. The minimum Gasteiger partial charge on any atom is -0.459 e. The molecule has 0 amide bonds. The fourth-order valence-electron chi connectivity index (χ4n) is 1.33. The molecule has 1 aromatic rings. The smallest absolute Gasteiger partial charge is 0.338 e. The highest BCUT2D eigenvalue weighted by Gasteiger charge is 2.11. The lowest BCUT2D eigenvalue weighted by atomic mass is 10.1. The third-order valence-corrected chi connectivity index (χ3v) is 2.38. The molecule has 2 N–H and O–H groups in total. The molecule has 102 valence electrons. The zero-order valence-corrected chi connectivity index (χ0v) is 11.1. The minimum atomic E-state index is -0.504. The number of benzene rings is 1. The normalized spacial score (nSPS) is 9.79. The number of esters is 2. The van der Waals surface area contributed by atoms with Crippen molar-refractivity contribution < 1.29 is 19.1 Å². The van der Waals surface area contributed by atoms with Gasteiger partial charge in [0.1, 0.15) is 13.2 Å². The van der Waals surface area contributed by atoms with E-state index in [0.29, 0.717) is 16.8 Å². The predicted molar refractivity (Wildman–Crippen MR) is 71.6 cm³/mol. The van der Waals surface area contributed by atoms with Crippen LogP contribution in [-0.4, -0.2) is 25.2 Å². The fourth-order valence-corrected chi connectivity index (χ4v) is 1.33. The molecule has 0 saturated heterocycles. The number of aryl methyl sites for hydroxylation is 1. The van der Waals surface area contributed by atoms with Crippen molar-refractivity contribution in [3.05, 3.63) is 41.5 Å². The van der Waals surface area contributed by atoms with Gasteiger partial charge < -0.3 is 15.2 Å². The Labute approximate surface area is 112 Å². The molecule has 0 aliphatic carbocycles. The van der Waals surface area contributed by atoms with Gasteiger partial charge in [0.15, 0.2) is 0 Å². The Morgan fingerprint density at radius 1 is 1.26 bits per heavy atom. The van der Waals surface area contributed by atoms with Crippen LogP contribution >= 0.6 is 0 Å². The fraction of sp³-hybridized carbons (Fsp3) is 0.286. The molecular weight excluding hydrogens is 246 g/mol. The molecule has 19 heavy (non-hydrogen) atoms. The van der Waals surface area contributed by atoms with Crippen LogP contribution in [0.25, 0.3) is 0 Å². The minimum absolute atomic E-state index is 0.00119. The number of nitrogens with two attached hydrogens (primary N) is 1. The number of nitrogen functional groups attached to an aromatic ring is 1. The van der Waals surface area contributed by atoms with E-state index in [1.54, 1.807) is 32.0 Å². The number of carbonyl (C=O) groups excluding carboxylic acids is 2. The molecule has 0 bridgehead atoms. The van der Waals surface area contributed by atoms with Crippen molar-refractivity contribution in [2.45, 2.75) is 13.8 Å². The number of ether oxygens (including phenoxy) is 2. The molecule has 0 radical (unpaired) electrons. The van der Waals surface area contributed by atoms with E-state index >= 15 is 0 Å².